The van der Waals surface area contributed by atoms with Crippen LogP contribution in [0, 0.1) is 0 Å². The van der Waals surface area contributed by atoms with Crippen molar-refractivity contribution < 1.29 is 0 Å². The number of hydrogen-bond donors (Lipinski definition) is 0. The maximum atomic E-state index is 2.35. The van der Waals surface area contributed by atoms with Gasteiger partial charge >= 0.3 is 0 Å². The molecule has 0 bridgehead atoms. The molecule has 0 atom stereocenters. The van der Waals surface area contributed by atoms with Gasteiger partial charge in [0.15, 0.2) is 0 Å². The van der Waals surface area contributed by atoms with Gasteiger partial charge in [0.2, 0.25) is 0 Å². The molecule has 0 radical (unpaired) electrons. The van der Waals surface area contributed by atoms with Crippen LogP contribution in [-0.2, 0) is 0 Å². The fraction of sp³-hybridized carbons (Fsp3) is 0. The molecule has 0 aliphatic heterocycles. The topological polar surface area (TPSA) is 0 Å². The SMILES string of the molecule is c1ccc(-c2ccc(-c3cccc(-c4ccc(-c5ccc6ccccc6c5)c5ccccc45)c3)c3ccccc23)cc1. The van der Waals surface area contributed by atoms with Gasteiger partial charge in [-0.2, -0.15) is 0 Å². The molecule has 0 fully saturated rings. The zero-order valence-electron chi connectivity index (χ0n) is 23.2. The third-order valence-electron chi connectivity index (χ3n) is 8.48. The minimum Gasteiger partial charge on any atom is -0.0622 e. The summed E-state index contributed by atoms with van der Waals surface area (Å²) >= 11 is 0. The van der Waals surface area contributed by atoms with Gasteiger partial charge in [-0.3, -0.25) is 0 Å². The van der Waals surface area contributed by atoms with E-state index in [0.29, 0.717) is 0 Å². The molecule has 42 heavy (non-hydrogen) atoms. The highest BCUT2D eigenvalue weighted by Crippen LogP contribution is 2.40. The molecule has 0 saturated heterocycles. The molecule has 0 nitrogen and oxygen atoms in total. The minimum atomic E-state index is 1.23. The second-order valence-corrected chi connectivity index (χ2v) is 10.9. The summed E-state index contributed by atoms with van der Waals surface area (Å²) < 4.78 is 0. The van der Waals surface area contributed by atoms with Gasteiger partial charge in [-0.25, -0.2) is 0 Å². The van der Waals surface area contributed by atoms with Gasteiger partial charge in [0.05, 0.1) is 0 Å². The van der Waals surface area contributed by atoms with E-state index in [0.717, 1.165) is 0 Å². The summed E-state index contributed by atoms with van der Waals surface area (Å²) in [5, 5.41) is 7.62. The Morgan fingerprint density at radius 3 is 1.17 bits per heavy atom. The lowest BCUT2D eigenvalue weighted by Gasteiger charge is -2.15. The monoisotopic (exact) mass is 532 g/mol. The zero-order chi connectivity index (χ0) is 27.9. The molecule has 196 valence electrons. The van der Waals surface area contributed by atoms with Crippen molar-refractivity contribution in [2.24, 2.45) is 0 Å². The summed E-state index contributed by atoms with van der Waals surface area (Å²) in [5.74, 6) is 0. The van der Waals surface area contributed by atoms with Crippen LogP contribution in [-0.4, -0.2) is 0 Å². The third-order valence-corrected chi connectivity index (χ3v) is 8.48. The molecule has 0 heterocycles. The molecule has 8 rings (SSSR count). The third kappa shape index (κ3) is 4.17. The van der Waals surface area contributed by atoms with Crippen molar-refractivity contribution in [3.63, 3.8) is 0 Å². The van der Waals surface area contributed by atoms with Gasteiger partial charge in [-0.1, -0.05) is 158 Å². The fourth-order valence-corrected chi connectivity index (χ4v) is 6.43. The second kappa shape index (κ2) is 10.2. The van der Waals surface area contributed by atoms with Crippen LogP contribution in [0.4, 0.5) is 0 Å². The summed E-state index contributed by atoms with van der Waals surface area (Å²) in [6.07, 6.45) is 0. The summed E-state index contributed by atoms with van der Waals surface area (Å²) in [4.78, 5) is 0. The van der Waals surface area contributed by atoms with E-state index in [1.165, 1.54) is 76.8 Å². The highest BCUT2D eigenvalue weighted by Gasteiger charge is 2.13. The molecule has 8 aromatic rings. The summed E-state index contributed by atoms with van der Waals surface area (Å²) in [7, 11) is 0. The van der Waals surface area contributed by atoms with Crippen LogP contribution in [0.1, 0.15) is 0 Å². The van der Waals surface area contributed by atoms with Crippen LogP contribution in [0.3, 0.4) is 0 Å². The Balaban J connectivity index is 1.26. The Kier molecular flexibility index (Phi) is 5.90. The Morgan fingerprint density at radius 2 is 0.619 bits per heavy atom. The first-order chi connectivity index (χ1) is 20.8. The second-order valence-electron chi connectivity index (χ2n) is 10.9. The van der Waals surface area contributed by atoms with Crippen molar-refractivity contribution in [3.8, 4) is 44.5 Å². The molecular formula is C42H28. The van der Waals surface area contributed by atoms with Crippen molar-refractivity contribution in [1.29, 1.82) is 0 Å². The Morgan fingerprint density at radius 1 is 0.214 bits per heavy atom. The van der Waals surface area contributed by atoms with Crippen molar-refractivity contribution in [1.82, 2.24) is 0 Å². The molecule has 0 aliphatic carbocycles. The molecule has 0 N–H and O–H groups in total. The average molecular weight is 533 g/mol. The summed E-state index contributed by atoms with van der Waals surface area (Å²) in [6, 6.07) is 61.7. The van der Waals surface area contributed by atoms with Crippen LogP contribution in [0.2, 0.25) is 0 Å². The van der Waals surface area contributed by atoms with Crippen molar-refractivity contribution in [3.05, 3.63) is 170 Å². The average Bonchev–Trinajstić information content (AvgIpc) is 3.07. The van der Waals surface area contributed by atoms with E-state index in [4.69, 9.17) is 0 Å². The molecule has 0 aliphatic rings. The predicted octanol–water partition coefficient (Wildman–Crippen LogP) is 11.8. The fourth-order valence-electron chi connectivity index (χ4n) is 6.43. The summed E-state index contributed by atoms with van der Waals surface area (Å²) in [6.45, 7) is 0. The predicted molar refractivity (Wildman–Crippen MR) is 181 cm³/mol. The number of rotatable bonds is 4. The van der Waals surface area contributed by atoms with Gasteiger partial charge in [0.1, 0.15) is 0 Å². The lowest BCUT2D eigenvalue weighted by atomic mass is 9.89. The Labute approximate surface area is 246 Å². The van der Waals surface area contributed by atoms with Crippen molar-refractivity contribution in [2.45, 2.75) is 0 Å². The van der Waals surface area contributed by atoms with E-state index in [2.05, 4.69) is 170 Å². The van der Waals surface area contributed by atoms with Gasteiger partial charge in [0.25, 0.3) is 0 Å². The Hall–Kier alpha value is -5.46. The smallest absolute Gasteiger partial charge is 0.00992 e. The Bertz CT molecular complexity index is 2240. The maximum absolute atomic E-state index is 2.35. The number of benzene rings is 8. The maximum Gasteiger partial charge on any atom is -0.00992 e. The van der Waals surface area contributed by atoms with E-state index in [-0.39, 0.29) is 0 Å². The zero-order valence-corrected chi connectivity index (χ0v) is 23.2. The van der Waals surface area contributed by atoms with Gasteiger partial charge in [-0.15, -0.1) is 0 Å². The minimum absolute atomic E-state index is 1.23. The highest BCUT2D eigenvalue weighted by atomic mass is 14.2. The van der Waals surface area contributed by atoms with Crippen LogP contribution in [0.15, 0.2) is 170 Å². The molecule has 0 spiro atoms. The first-order valence-corrected chi connectivity index (χ1v) is 14.5. The number of hydrogen-bond acceptors (Lipinski definition) is 0. The molecule has 0 heteroatoms. The van der Waals surface area contributed by atoms with Gasteiger partial charge in [-0.05, 0) is 89.0 Å². The van der Waals surface area contributed by atoms with E-state index in [1.54, 1.807) is 0 Å². The van der Waals surface area contributed by atoms with E-state index in [9.17, 15) is 0 Å². The van der Waals surface area contributed by atoms with E-state index >= 15 is 0 Å². The van der Waals surface area contributed by atoms with Crippen LogP contribution < -0.4 is 0 Å². The van der Waals surface area contributed by atoms with E-state index in [1.807, 2.05) is 0 Å². The van der Waals surface area contributed by atoms with Crippen LogP contribution in [0.5, 0.6) is 0 Å². The normalized spacial score (nSPS) is 11.3. The van der Waals surface area contributed by atoms with Crippen molar-refractivity contribution >= 4 is 32.3 Å². The quantitative estimate of drug-likeness (QED) is 0.211. The van der Waals surface area contributed by atoms with Crippen molar-refractivity contribution in [2.75, 3.05) is 0 Å². The standard InChI is InChI=1S/C42H28/c1-2-12-30(13-3-1)35-23-24-36(40-18-7-6-17-39(35)40)32-15-10-16-33(28-32)37-25-26-38(42-20-9-8-19-41(37)42)34-22-21-29-11-4-5-14-31(29)27-34/h1-28H. The first-order valence-electron chi connectivity index (χ1n) is 14.5. The molecule has 0 amide bonds. The van der Waals surface area contributed by atoms with Gasteiger partial charge in [0, 0.05) is 0 Å². The molecule has 0 aromatic heterocycles. The number of fused-ring (bicyclic) bond motifs is 3. The molecule has 8 aromatic carbocycles. The van der Waals surface area contributed by atoms with Crippen LogP contribution >= 0.6 is 0 Å². The lowest BCUT2D eigenvalue weighted by Crippen LogP contribution is -1.89. The lowest BCUT2D eigenvalue weighted by molar-refractivity contribution is 1.61. The molecule has 0 saturated carbocycles. The first kappa shape index (κ1) is 24.3. The molecular weight excluding hydrogens is 504 g/mol. The van der Waals surface area contributed by atoms with Gasteiger partial charge < -0.3 is 0 Å². The largest absolute Gasteiger partial charge is 0.0622 e. The molecule has 0 unspecified atom stereocenters. The van der Waals surface area contributed by atoms with Crippen LogP contribution in [0.25, 0.3) is 76.8 Å². The van der Waals surface area contributed by atoms with E-state index < -0.39 is 0 Å². The summed E-state index contributed by atoms with van der Waals surface area (Å²) in [5.41, 5.74) is 9.98. The highest BCUT2D eigenvalue weighted by molar-refractivity contribution is 6.08.